The van der Waals surface area contributed by atoms with Crippen LogP contribution in [0.25, 0.3) is 0 Å². The third-order valence-corrected chi connectivity index (χ3v) is 8.55. The number of ether oxygens (including phenoxy) is 3. The van der Waals surface area contributed by atoms with Gasteiger partial charge in [0, 0.05) is 45.3 Å². The lowest BCUT2D eigenvalue weighted by atomic mass is 10.1. The Labute approximate surface area is 220 Å². The number of hydrogen-bond acceptors (Lipinski definition) is 7. The van der Waals surface area contributed by atoms with Gasteiger partial charge in [-0.25, -0.2) is 12.7 Å². The highest BCUT2D eigenvalue weighted by atomic mass is 32.2. The van der Waals surface area contributed by atoms with E-state index in [1.54, 1.807) is 46.6 Å². The molecule has 0 spiro atoms. The Morgan fingerprint density at radius 2 is 1.57 bits per heavy atom. The molecule has 0 radical (unpaired) electrons. The Bertz CT molecular complexity index is 1240. The van der Waals surface area contributed by atoms with Crippen molar-refractivity contribution in [2.24, 2.45) is 0 Å². The molecule has 3 rings (SSSR count). The number of nitrogens with zero attached hydrogens (tertiary/aromatic N) is 3. The van der Waals surface area contributed by atoms with Crippen molar-refractivity contribution in [3.05, 3.63) is 53.6 Å². The van der Waals surface area contributed by atoms with E-state index >= 15 is 0 Å². The van der Waals surface area contributed by atoms with Gasteiger partial charge in [0.15, 0.2) is 11.5 Å². The average molecular weight is 532 g/mol. The van der Waals surface area contributed by atoms with E-state index in [-0.39, 0.29) is 10.8 Å². The number of carbonyl (C=O) groups is 1. The average Bonchev–Trinajstić information content (AvgIpc) is 2.94. The Morgan fingerprint density at radius 1 is 0.946 bits per heavy atom. The second-order valence-electron chi connectivity index (χ2n) is 8.85. The van der Waals surface area contributed by atoms with Gasteiger partial charge in [0.05, 0.1) is 31.9 Å². The standard InChI is InChI=1S/C27H37N3O6S/c1-7-20(2)27(31)30-16-14-29(15-17-30)23-19-22(9-11-24(23)34-4)37(32,33)28(3)13-12-21-8-10-25(35-5)26(18-21)36-6/h7-11,18-19H,12-17H2,1-6H3/b20-7+. The highest BCUT2D eigenvalue weighted by Gasteiger charge is 2.27. The minimum atomic E-state index is -3.74. The van der Waals surface area contributed by atoms with E-state index in [2.05, 4.69) is 4.90 Å². The van der Waals surface area contributed by atoms with Crippen LogP contribution >= 0.6 is 0 Å². The molecule has 0 atom stereocenters. The number of anilines is 1. The van der Waals surface area contributed by atoms with Crippen LogP contribution in [0, 0.1) is 0 Å². The van der Waals surface area contributed by atoms with Crippen molar-refractivity contribution in [2.45, 2.75) is 25.2 Å². The Morgan fingerprint density at radius 3 is 2.16 bits per heavy atom. The number of amides is 1. The number of benzene rings is 2. The molecule has 0 N–H and O–H groups in total. The fourth-order valence-corrected chi connectivity index (χ4v) is 5.42. The van der Waals surface area contributed by atoms with Crippen LogP contribution in [0.2, 0.25) is 0 Å². The first-order valence-electron chi connectivity index (χ1n) is 12.2. The fourth-order valence-electron chi connectivity index (χ4n) is 4.22. The van der Waals surface area contributed by atoms with Crippen molar-refractivity contribution >= 4 is 21.6 Å². The summed E-state index contributed by atoms with van der Waals surface area (Å²) in [4.78, 5) is 16.6. The minimum absolute atomic E-state index is 0.0292. The molecular formula is C27H37N3O6S. The minimum Gasteiger partial charge on any atom is -0.495 e. The summed E-state index contributed by atoms with van der Waals surface area (Å²) in [6, 6.07) is 10.5. The molecule has 1 saturated heterocycles. The monoisotopic (exact) mass is 531 g/mol. The number of rotatable bonds is 10. The summed E-state index contributed by atoms with van der Waals surface area (Å²) in [7, 11) is 2.55. The van der Waals surface area contributed by atoms with Gasteiger partial charge < -0.3 is 24.0 Å². The van der Waals surface area contributed by atoms with Crippen LogP contribution in [0.15, 0.2) is 52.9 Å². The maximum absolute atomic E-state index is 13.4. The van der Waals surface area contributed by atoms with E-state index in [1.807, 2.05) is 43.0 Å². The van der Waals surface area contributed by atoms with Crippen LogP contribution in [-0.2, 0) is 21.2 Å². The number of carbonyl (C=O) groups excluding carboxylic acids is 1. The summed E-state index contributed by atoms with van der Waals surface area (Å²) >= 11 is 0. The lowest BCUT2D eigenvalue weighted by molar-refractivity contribution is -0.127. The molecular weight excluding hydrogens is 494 g/mol. The summed E-state index contributed by atoms with van der Waals surface area (Å²) in [5.74, 6) is 1.85. The molecule has 1 aliphatic rings. The van der Waals surface area contributed by atoms with E-state index in [4.69, 9.17) is 14.2 Å². The molecule has 10 heteroatoms. The number of piperazine rings is 1. The zero-order valence-electron chi connectivity index (χ0n) is 22.5. The molecule has 2 aromatic rings. The fraction of sp³-hybridized carbons (Fsp3) is 0.444. The molecule has 1 amide bonds. The second-order valence-corrected chi connectivity index (χ2v) is 10.9. The van der Waals surface area contributed by atoms with E-state index in [0.29, 0.717) is 62.1 Å². The molecule has 0 unspecified atom stereocenters. The number of sulfonamides is 1. The van der Waals surface area contributed by atoms with Crippen molar-refractivity contribution in [1.29, 1.82) is 0 Å². The van der Waals surface area contributed by atoms with Crippen molar-refractivity contribution < 1.29 is 27.4 Å². The van der Waals surface area contributed by atoms with E-state index in [9.17, 15) is 13.2 Å². The smallest absolute Gasteiger partial charge is 0.249 e. The molecule has 9 nitrogen and oxygen atoms in total. The lowest BCUT2D eigenvalue weighted by Crippen LogP contribution is -2.49. The molecule has 2 aromatic carbocycles. The molecule has 37 heavy (non-hydrogen) atoms. The van der Waals surface area contributed by atoms with Crippen LogP contribution in [0.4, 0.5) is 5.69 Å². The normalized spacial score (nSPS) is 14.6. The van der Waals surface area contributed by atoms with Gasteiger partial charge in [0.1, 0.15) is 5.75 Å². The van der Waals surface area contributed by atoms with Crippen molar-refractivity contribution in [1.82, 2.24) is 9.21 Å². The first kappa shape index (κ1) is 28.3. The van der Waals surface area contributed by atoms with Gasteiger partial charge in [-0.2, -0.15) is 0 Å². The van der Waals surface area contributed by atoms with Crippen LogP contribution in [-0.4, -0.2) is 84.6 Å². The summed E-state index contributed by atoms with van der Waals surface area (Å²) in [5.41, 5.74) is 2.36. The van der Waals surface area contributed by atoms with Gasteiger partial charge in [-0.3, -0.25) is 4.79 Å². The van der Waals surface area contributed by atoms with Gasteiger partial charge in [-0.15, -0.1) is 0 Å². The van der Waals surface area contributed by atoms with Gasteiger partial charge in [0.25, 0.3) is 0 Å². The van der Waals surface area contributed by atoms with Gasteiger partial charge >= 0.3 is 0 Å². The quantitative estimate of drug-likeness (QED) is 0.435. The number of allylic oxidation sites excluding steroid dienone is 1. The van der Waals surface area contributed by atoms with Crippen LogP contribution in [0.3, 0.4) is 0 Å². The maximum atomic E-state index is 13.4. The van der Waals surface area contributed by atoms with Crippen molar-refractivity contribution in [3.63, 3.8) is 0 Å². The molecule has 202 valence electrons. The SMILES string of the molecule is C/C=C(\C)C(=O)N1CCN(c2cc(S(=O)(=O)N(C)CCc3ccc(OC)c(OC)c3)ccc2OC)CC1. The summed E-state index contributed by atoms with van der Waals surface area (Å²) in [5, 5.41) is 0. The zero-order valence-corrected chi connectivity index (χ0v) is 23.3. The summed E-state index contributed by atoms with van der Waals surface area (Å²) in [6.07, 6.45) is 2.33. The first-order valence-corrected chi connectivity index (χ1v) is 13.6. The number of methoxy groups -OCH3 is 3. The van der Waals surface area contributed by atoms with Gasteiger partial charge in [0.2, 0.25) is 15.9 Å². The maximum Gasteiger partial charge on any atom is 0.249 e. The van der Waals surface area contributed by atoms with Crippen molar-refractivity contribution in [2.75, 3.05) is 66.0 Å². The van der Waals surface area contributed by atoms with Crippen LogP contribution in [0.1, 0.15) is 19.4 Å². The topological polar surface area (TPSA) is 88.6 Å². The lowest BCUT2D eigenvalue weighted by Gasteiger charge is -2.37. The van der Waals surface area contributed by atoms with Gasteiger partial charge in [-0.05, 0) is 56.2 Å². The summed E-state index contributed by atoms with van der Waals surface area (Å²) in [6.45, 7) is 6.23. The first-order chi connectivity index (χ1) is 17.7. The number of hydrogen-bond donors (Lipinski definition) is 0. The molecule has 1 fully saturated rings. The Kier molecular flexibility index (Phi) is 9.45. The third kappa shape index (κ3) is 6.37. The highest BCUT2D eigenvalue weighted by molar-refractivity contribution is 7.89. The molecule has 0 saturated carbocycles. The Hall–Kier alpha value is -3.24. The second kappa shape index (κ2) is 12.3. The van der Waals surface area contributed by atoms with E-state index in [1.165, 1.54) is 4.31 Å². The number of likely N-dealkylation sites (N-methyl/N-ethyl adjacent to an activating group) is 1. The highest BCUT2D eigenvalue weighted by Crippen LogP contribution is 2.33. The molecule has 0 aromatic heterocycles. The van der Waals surface area contributed by atoms with Crippen LogP contribution in [0.5, 0.6) is 17.2 Å². The van der Waals surface area contributed by atoms with Gasteiger partial charge in [-0.1, -0.05) is 12.1 Å². The largest absolute Gasteiger partial charge is 0.495 e. The van der Waals surface area contributed by atoms with E-state index < -0.39 is 10.0 Å². The predicted octanol–water partition coefficient (Wildman–Crippen LogP) is 3.19. The zero-order chi connectivity index (χ0) is 27.2. The molecule has 0 bridgehead atoms. The molecule has 1 heterocycles. The third-order valence-electron chi connectivity index (χ3n) is 6.70. The summed E-state index contributed by atoms with van der Waals surface area (Å²) < 4.78 is 44.4. The van der Waals surface area contributed by atoms with Crippen molar-refractivity contribution in [3.8, 4) is 17.2 Å². The van der Waals surface area contributed by atoms with Crippen LogP contribution < -0.4 is 19.1 Å². The Balaban J connectivity index is 1.75. The predicted molar refractivity (Wildman–Crippen MR) is 144 cm³/mol. The van der Waals surface area contributed by atoms with E-state index in [0.717, 1.165) is 11.1 Å². The molecule has 0 aliphatic carbocycles. The molecule has 1 aliphatic heterocycles.